The van der Waals surface area contributed by atoms with Gasteiger partial charge in [0, 0.05) is 10.6 Å². The van der Waals surface area contributed by atoms with Gasteiger partial charge in [0.05, 0.1) is 8.66 Å². The van der Waals surface area contributed by atoms with Crippen molar-refractivity contribution in [2.24, 2.45) is 0 Å². The number of nitrogens with one attached hydrogen (secondary N) is 1. The van der Waals surface area contributed by atoms with E-state index < -0.39 is 0 Å². The number of halogens is 1. The number of thiophene rings is 1. The largest absolute Gasteiger partial charge is 0.321 e. The maximum atomic E-state index is 12.0. The van der Waals surface area contributed by atoms with Gasteiger partial charge in [0.25, 0.3) is 5.91 Å². The van der Waals surface area contributed by atoms with Gasteiger partial charge in [-0.15, -0.1) is 23.1 Å². The van der Waals surface area contributed by atoms with Gasteiger partial charge >= 0.3 is 0 Å². The minimum Gasteiger partial charge on any atom is -0.321 e. The van der Waals surface area contributed by atoms with Crippen molar-refractivity contribution < 1.29 is 4.79 Å². The summed E-state index contributed by atoms with van der Waals surface area (Å²) < 4.78 is 1.00. The Labute approximate surface area is 123 Å². The van der Waals surface area contributed by atoms with Gasteiger partial charge in [-0.2, -0.15) is 0 Å². The molecule has 0 aliphatic heterocycles. The molecule has 1 amide bonds. The lowest BCUT2D eigenvalue weighted by molar-refractivity contribution is 0.103. The van der Waals surface area contributed by atoms with E-state index in [1.54, 1.807) is 11.8 Å². The molecular weight excluding hydrogens is 330 g/mol. The summed E-state index contributed by atoms with van der Waals surface area (Å²) in [7, 11) is 0. The van der Waals surface area contributed by atoms with Crippen LogP contribution in [0.5, 0.6) is 0 Å². The van der Waals surface area contributed by atoms with Crippen LogP contribution in [0, 0.1) is 6.92 Å². The highest BCUT2D eigenvalue weighted by Crippen LogP contribution is 2.28. The maximum absolute atomic E-state index is 12.0. The number of carbonyl (C=O) groups is 1. The van der Waals surface area contributed by atoms with E-state index in [0.717, 1.165) is 15.0 Å². The van der Waals surface area contributed by atoms with E-state index in [1.807, 2.05) is 43.5 Å². The maximum Gasteiger partial charge on any atom is 0.265 e. The number of rotatable bonds is 3. The van der Waals surface area contributed by atoms with Crippen LogP contribution in [-0.2, 0) is 0 Å². The third-order valence-electron chi connectivity index (χ3n) is 2.43. The Bertz CT molecular complexity index is 543. The Hall–Kier alpha value is -0.780. The van der Waals surface area contributed by atoms with E-state index in [2.05, 4.69) is 21.2 Å². The van der Waals surface area contributed by atoms with Gasteiger partial charge in [-0.25, -0.2) is 0 Å². The predicted molar refractivity (Wildman–Crippen MR) is 82.9 cm³/mol. The molecule has 0 aliphatic carbocycles. The van der Waals surface area contributed by atoms with Crippen LogP contribution < -0.4 is 5.32 Å². The molecule has 1 N–H and O–H groups in total. The van der Waals surface area contributed by atoms with Gasteiger partial charge in [0.15, 0.2) is 0 Å². The monoisotopic (exact) mass is 341 g/mol. The zero-order chi connectivity index (χ0) is 13.1. The number of aryl methyl sites for hydroxylation is 1. The molecule has 5 heteroatoms. The molecule has 2 rings (SSSR count). The van der Waals surface area contributed by atoms with Crippen molar-refractivity contribution in [2.75, 3.05) is 11.6 Å². The molecule has 94 valence electrons. The van der Waals surface area contributed by atoms with E-state index in [4.69, 9.17) is 0 Å². The lowest BCUT2D eigenvalue weighted by Crippen LogP contribution is -2.09. The molecule has 1 aromatic heterocycles. The Balaban J connectivity index is 2.10. The van der Waals surface area contributed by atoms with Gasteiger partial charge in [-0.1, -0.05) is 0 Å². The molecule has 1 heterocycles. The van der Waals surface area contributed by atoms with Gasteiger partial charge in [0.1, 0.15) is 0 Å². The minimum absolute atomic E-state index is 0.0642. The summed E-state index contributed by atoms with van der Waals surface area (Å²) >= 11 is 6.56. The first-order valence-electron chi connectivity index (χ1n) is 5.31. The molecular formula is C13H12BrNOS2. The van der Waals surface area contributed by atoms with Crippen LogP contribution in [0.1, 0.15) is 15.2 Å². The topological polar surface area (TPSA) is 29.1 Å². The number of carbonyl (C=O) groups excluding carboxylic acids is 1. The van der Waals surface area contributed by atoms with Crippen molar-refractivity contribution in [1.82, 2.24) is 0 Å². The molecule has 0 bridgehead atoms. The summed E-state index contributed by atoms with van der Waals surface area (Å²) in [6.45, 7) is 1.98. The van der Waals surface area contributed by atoms with Crippen molar-refractivity contribution in [3.63, 3.8) is 0 Å². The standard InChI is InChI=1S/C13H12BrNOS2/c1-8-7-11(18-12(8)14)13(16)15-9-3-5-10(17-2)6-4-9/h3-7H,1-2H3,(H,15,16). The normalized spacial score (nSPS) is 10.4. The molecule has 18 heavy (non-hydrogen) atoms. The zero-order valence-electron chi connectivity index (χ0n) is 9.99. The third kappa shape index (κ3) is 3.16. The number of amides is 1. The zero-order valence-corrected chi connectivity index (χ0v) is 13.2. The van der Waals surface area contributed by atoms with Crippen LogP contribution in [0.2, 0.25) is 0 Å². The number of benzene rings is 1. The lowest BCUT2D eigenvalue weighted by atomic mass is 10.3. The SMILES string of the molecule is CSc1ccc(NC(=O)c2cc(C)c(Br)s2)cc1. The Morgan fingerprint density at radius 3 is 2.50 bits per heavy atom. The number of anilines is 1. The van der Waals surface area contributed by atoms with Gasteiger partial charge in [0.2, 0.25) is 0 Å². The molecule has 0 saturated carbocycles. The smallest absolute Gasteiger partial charge is 0.265 e. The third-order valence-corrected chi connectivity index (χ3v) is 5.31. The molecule has 1 aromatic carbocycles. The van der Waals surface area contributed by atoms with Crippen molar-refractivity contribution in [3.05, 3.63) is 44.6 Å². The fourth-order valence-corrected chi connectivity index (χ4v) is 3.28. The molecule has 0 saturated heterocycles. The van der Waals surface area contributed by atoms with Crippen molar-refractivity contribution >= 4 is 50.6 Å². The Morgan fingerprint density at radius 2 is 2.00 bits per heavy atom. The highest BCUT2D eigenvalue weighted by Gasteiger charge is 2.11. The summed E-state index contributed by atoms with van der Waals surface area (Å²) in [5.41, 5.74) is 1.91. The highest BCUT2D eigenvalue weighted by molar-refractivity contribution is 9.11. The van der Waals surface area contributed by atoms with E-state index >= 15 is 0 Å². The Kier molecular flexibility index (Phi) is 4.48. The molecule has 0 unspecified atom stereocenters. The van der Waals surface area contributed by atoms with Crippen LogP contribution in [0.25, 0.3) is 0 Å². The number of hydrogen-bond acceptors (Lipinski definition) is 3. The van der Waals surface area contributed by atoms with Gasteiger partial charge in [-0.3, -0.25) is 4.79 Å². The number of thioether (sulfide) groups is 1. The minimum atomic E-state index is -0.0642. The molecule has 2 nitrogen and oxygen atoms in total. The first kappa shape index (κ1) is 13.6. The summed E-state index contributed by atoms with van der Waals surface area (Å²) in [6, 6.07) is 9.71. The average Bonchev–Trinajstić information content (AvgIpc) is 2.71. The van der Waals surface area contributed by atoms with Gasteiger partial charge < -0.3 is 5.32 Å². The van der Waals surface area contributed by atoms with E-state index in [-0.39, 0.29) is 5.91 Å². The quantitative estimate of drug-likeness (QED) is 0.813. The van der Waals surface area contributed by atoms with Gasteiger partial charge in [-0.05, 0) is 65.0 Å². The molecule has 0 fully saturated rings. The van der Waals surface area contributed by atoms with E-state index in [1.165, 1.54) is 16.2 Å². The van der Waals surface area contributed by atoms with E-state index in [9.17, 15) is 4.79 Å². The van der Waals surface area contributed by atoms with E-state index in [0.29, 0.717) is 4.88 Å². The Morgan fingerprint density at radius 1 is 1.33 bits per heavy atom. The summed E-state index contributed by atoms with van der Waals surface area (Å²) in [4.78, 5) is 13.9. The van der Waals surface area contributed by atoms with Crippen LogP contribution in [-0.4, -0.2) is 12.2 Å². The average molecular weight is 342 g/mol. The second-order valence-electron chi connectivity index (χ2n) is 3.75. The highest BCUT2D eigenvalue weighted by atomic mass is 79.9. The first-order chi connectivity index (χ1) is 8.60. The lowest BCUT2D eigenvalue weighted by Gasteiger charge is -2.04. The van der Waals surface area contributed by atoms with Crippen LogP contribution in [0.4, 0.5) is 5.69 Å². The number of hydrogen-bond donors (Lipinski definition) is 1. The van der Waals surface area contributed by atoms with Crippen LogP contribution in [0.3, 0.4) is 0 Å². The summed E-state index contributed by atoms with van der Waals surface area (Å²) in [5.74, 6) is -0.0642. The molecule has 0 radical (unpaired) electrons. The molecule has 0 spiro atoms. The second-order valence-corrected chi connectivity index (χ2v) is 7.00. The summed E-state index contributed by atoms with van der Waals surface area (Å²) in [5, 5.41) is 2.89. The van der Waals surface area contributed by atoms with Crippen molar-refractivity contribution in [2.45, 2.75) is 11.8 Å². The van der Waals surface area contributed by atoms with Crippen LogP contribution in [0.15, 0.2) is 39.0 Å². The van der Waals surface area contributed by atoms with Crippen molar-refractivity contribution in [3.8, 4) is 0 Å². The van der Waals surface area contributed by atoms with Crippen LogP contribution >= 0.6 is 39.0 Å². The predicted octanol–water partition coefficient (Wildman–Crippen LogP) is 4.79. The first-order valence-corrected chi connectivity index (χ1v) is 8.15. The second kappa shape index (κ2) is 5.91. The summed E-state index contributed by atoms with van der Waals surface area (Å²) in [6.07, 6.45) is 2.03. The molecule has 0 atom stereocenters. The molecule has 2 aromatic rings. The fraction of sp³-hybridized carbons (Fsp3) is 0.154. The fourth-order valence-electron chi connectivity index (χ4n) is 1.44. The van der Waals surface area contributed by atoms with Crippen molar-refractivity contribution in [1.29, 1.82) is 0 Å². The molecule has 0 aliphatic rings.